The van der Waals surface area contributed by atoms with E-state index in [-0.39, 0.29) is 29.7 Å². The van der Waals surface area contributed by atoms with Crippen LogP contribution in [0.3, 0.4) is 0 Å². The molecule has 3 aromatic rings. The number of nitrogens with zero attached hydrogens (tertiary/aromatic N) is 2. The minimum atomic E-state index is -4.21. The predicted octanol–water partition coefficient (Wildman–Crippen LogP) is 3.43. The number of halogens is 3. The zero-order chi connectivity index (χ0) is 19.9. The summed E-state index contributed by atoms with van der Waals surface area (Å²) in [7, 11) is 0. The molecular weight excluding hydrogens is 391 g/mol. The number of piperidine rings is 1. The summed E-state index contributed by atoms with van der Waals surface area (Å²) in [5.41, 5.74) is 2.05. The van der Waals surface area contributed by atoms with Gasteiger partial charge in [-0.15, -0.1) is 0 Å². The fraction of sp³-hybridized carbons (Fsp3) is 0.389. The van der Waals surface area contributed by atoms with Gasteiger partial charge in [-0.2, -0.15) is 13.2 Å². The lowest BCUT2D eigenvalue weighted by molar-refractivity contribution is -0.183. The Hall–Kier alpha value is -2.46. The summed E-state index contributed by atoms with van der Waals surface area (Å²) >= 11 is 5.31. The molecule has 6 nitrogen and oxygen atoms in total. The summed E-state index contributed by atoms with van der Waals surface area (Å²) in [6, 6.07) is 4.82. The average Bonchev–Trinajstić information content (AvgIpc) is 3.15. The highest BCUT2D eigenvalue weighted by Gasteiger charge is 2.42. The normalized spacial score (nSPS) is 20.5. The maximum Gasteiger partial charge on any atom is 0.391 e. The lowest BCUT2D eigenvalue weighted by atomic mass is 9.89. The lowest BCUT2D eigenvalue weighted by Gasteiger charge is -2.32. The molecule has 148 valence electrons. The van der Waals surface area contributed by atoms with Crippen molar-refractivity contribution in [2.45, 2.75) is 31.6 Å². The fourth-order valence-corrected chi connectivity index (χ4v) is 4.01. The molecule has 10 heteroatoms. The summed E-state index contributed by atoms with van der Waals surface area (Å²) in [6.45, 7) is 0.576. The highest BCUT2D eigenvalue weighted by atomic mass is 32.1. The van der Waals surface area contributed by atoms with E-state index in [1.54, 1.807) is 29.1 Å². The van der Waals surface area contributed by atoms with Crippen LogP contribution in [0.1, 0.15) is 30.1 Å². The Morgan fingerprint density at radius 1 is 1.32 bits per heavy atom. The number of alkyl halides is 3. The average molecular weight is 409 g/mol. The van der Waals surface area contributed by atoms with Gasteiger partial charge in [-0.25, -0.2) is 0 Å². The van der Waals surface area contributed by atoms with E-state index < -0.39 is 18.1 Å². The molecule has 3 N–H and O–H groups in total. The standard InChI is InChI=1S/C18H18F3N5OS/c19-18(20,21)11-3-6-22-12(8-11)14-10(2-1-5-23-14)9-26-13-4-7-24-15(13)16(27)25-17(26)28/h1-2,4-5,7,11-12,22,24H,3,6,8-9H2,(H,25,27,28)/t11-,12+/m1/s1. The topological polar surface area (TPSA) is 78.5 Å². The molecule has 4 rings (SSSR count). The summed E-state index contributed by atoms with van der Waals surface area (Å²) in [5, 5.41) is 3.16. The van der Waals surface area contributed by atoms with Crippen LogP contribution in [0.2, 0.25) is 0 Å². The quantitative estimate of drug-likeness (QED) is 0.579. The number of hydrogen-bond donors (Lipinski definition) is 3. The molecule has 0 aromatic carbocycles. The number of hydrogen-bond acceptors (Lipinski definition) is 4. The Balaban J connectivity index is 1.71. The van der Waals surface area contributed by atoms with Crippen LogP contribution >= 0.6 is 12.2 Å². The van der Waals surface area contributed by atoms with Gasteiger partial charge in [0.2, 0.25) is 0 Å². The number of aromatic nitrogens is 4. The van der Waals surface area contributed by atoms with Gasteiger partial charge < -0.3 is 14.9 Å². The Morgan fingerprint density at radius 2 is 2.14 bits per heavy atom. The minimum Gasteiger partial charge on any atom is -0.355 e. The van der Waals surface area contributed by atoms with E-state index in [2.05, 4.69) is 20.3 Å². The molecule has 1 fully saturated rings. The number of nitrogens with one attached hydrogen (secondary N) is 3. The van der Waals surface area contributed by atoms with Crippen molar-refractivity contribution in [2.75, 3.05) is 6.54 Å². The molecule has 0 unspecified atom stereocenters. The molecule has 28 heavy (non-hydrogen) atoms. The van der Waals surface area contributed by atoms with Crippen molar-refractivity contribution < 1.29 is 13.2 Å². The Kier molecular flexibility index (Phi) is 4.84. The molecule has 0 radical (unpaired) electrons. The Bertz CT molecular complexity index is 1120. The van der Waals surface area contributed by atoms with E-state index in [1.165, 1.54) is 0 Å². The molecule has 0 spiro atoms. The molecule has 0 amide bonds. The first-order chi connectivity index (χ1) is 13.3. The number of rotatable bonds is 3. The second-order valence-corrected chi connectivity index (χ2v) is 7.29. The monoisotopic (exact) mass is 409 g/mol. The van der Waals surface area contributed by atoms with E-state index in [4.69, 9.17) is 12.2 Å². The zero-order valence-corrected chi connectivity index (χ0v) is 15.5. The van der Waals surface area contributed by atoms with Crippen molar-refractivity contribution >= 4 is 23.3 Å². The van der Waals surface area contributed by atoms with Gasteiger partial charge in [0, 0.05) is 12.4 Å². The highest BCUT2D eigenvalue weighted by Crippen LogP contribution is 2.38. The third-order valence-corrected chi connectivity index (χ3v) is 5.48. The number of fused-ring (bicyclic) bond motifs is 1. The van der Waals surface area contributed by atoms with Gasteiger partial charge in [0.15, 0.2) is 4.77 Å². The van der Waals surface area contributed by atoms with E-state index in [0.29, 0.717) is 23.3 Å². The summed E-state index contributed by atoms with van der Waals surface area (Å²) in [5.74, 6) is -1.35. The van der Waals surface area contributed by atoms with Crippen molar-refractivity contribution in [3.63, 3.8) is 0 Å². The maximum atomic E-state index is 13.2. The van der Waals surface area contributed by atoms with Gasteiger partial charge in [0.05, 0.1) is 29.7 Å². The van der Waals surface area contributed by atoms with E-state index in [1.807, 2.05) is 6.07 Å². The van der Waals surface area contributed by atoms with Gasteiger partial charge in [0.25, 0.3) is 5.56 Å². The first kappa shape index (κ1) is 18.9. The van der Waals surface area contributed by atoms with Crippen LogP contribution in [0.4, 0.5) is 13.2 Å². The van der Waals surface area contributed by atoms with Crippen LogP contribution in [0.5, 0.6) is 0 Å². The summed E-state index contributed by atoms with van der Waals surface area (Å²) in [6.07, 6.45) is -0.975. The first-order valence-corrected chi connectivity index (χ1v) is 9.29. The fourth-order valence-electron chi connectivity index (χ4n) is 3.75. The van der Waals surface area contributed by atoms with E-state index in [9.17, 15) is 18.0 Å². The van der Waals surface area contributed by atoms with Crippen molar-refractivity contribution in [3.8, 4) is 0 Å². The van der Waals surface area contributed by atoms with Gasteiger partial charge in [-0.1, -0.05) is 6.07 Å². The van der Waals surface area contributed by atoms with Crippen LogP contribution in [0, 0.1) is 10.7 Å². The third kappa shape index (κ3) is 3.49. The van der Waals surface area contributed by atoms with E-state index in [0.717, 1.165) is 5.56 Å². The van der Waals surface area contributed by atoms with Crippen molar-refractivity contribution in [3.05, 3.63) is 57.0 Å². The molecule has 1 saturated heterocycles. The smallest absolute Gasteiger partial charge is 0.355 e. The minimum absolute atomic E-state index is 0.0515. The molecule has 4 heterocycles. The highest BCUT2D eigenvalue weighted by molar-refractivity contribution is 7.71. The van der Waals surface area contributed by atoms with Crippen molar-refractivity contribution in [1.82, 2.24) is 24.8 Å². The van der Waals surface area contributed by atoms with Crippen LogP contribution in [0.15, 0.2) is 35.4 Å². The molecular formula is C18H18F3N5OS. The molecule has 0 aliphatic carbocycles. The third-order valence-electron chi connectivity index (χ3n) is 5.16. The second-order valence-electron chi connectivity index (χ2n) is 6.90. The van der Waals surface area contributed by atoms with Gasteiger partial charge >= 0.3 is 6.18 Å². The summed E-state index contributed by atoms with van der Waals surface area (Å²) in [4.78, 5) is 21.9. The largest absolute Gasteiger partial charge is 0.391 e. The Morgan fingerprint density at radius 3 is 2.93 bits per heavy atom. The molecule has 0 bridgehead atoms. The summed E-state index contributed by atoms with van der Waals surface area (Å²) < 4.78 is 41.6. The van der Waals surface area contributed by atoms with Gasteiger partial charge in [-0.3, -0.25) is 14.8 Å². The molecule has 3 aromatic heterocycles. The second kappa shape index (κ2) is 7.17. The maximum absolute atomic E-state index is 13.2. The predicted molar refractivity (Wildman–Crippen MR) is 101 cm³/mol. The first-order valence-electron chi connectivity index (χ1n) is 8.88. The number of pyridine rings is 1. The molecule has 1 aliphatic heterocycles. The van der Waals surface area contributed by atoms with Gasteiger partial charge in [0.1, 0.15) is 5.52 Å². The Labute approximate surface area is 162 Å². The zero-order valence-electron chi connectivity index (χ0n) is 14.7. The number of H-pyrrole nitrogens is 2. The molecule has 1 aliphatic rings. The number of aromatic amines is 2. The van der Waals surface area contributed by atoms with Crippen LogP contribution < -0.4 is 10.9 Å². The SMILES string of the molecule is O=c1[nH]c(=S)n(Cc2cccnc2[C@@H]2C[C@H](C(F)(F)F)CCN2)c2cc[nH]c12. The van der Waals surface area contributed by atoms with Crippen molar-refractivity contribution in [1.29, 1.82) is 0 Å². The van der Waals surface area contributed by atoms with E-state index >= 15 is 0 Å². The molecule has 2 atom stereocenters. The van der Waals surface area contributed by atoms with Crippen LogP contribution in [-0.4, -0.2) is 32.2 Å². The van der Waals surface area contributed by atoms with Gasteiger partial charge in [-0.05, 0) is 49.3 Å². The van der Waals surface area contributed by atoms with Crippen LogP contribution in [0.25, 0.3) is 11.0 Å². The lowest BCUT2D eigenvalue weighted by Crippen LogP contribution is -2.38. The molecule has 0 saturated carbocycles. The van der Waals surface area contributed by atoms with Crippen LogP contribution in [-0.2, 0) is 6.54 Å². The van der Waals surface area contributed by atoms with Crippen molar-refractivity contribution in [2.24, 2.45) is 5.92 Å².